The minimum Gasteiger partial charge on any atom is -0.495 e. The third kappa shape index (κ3) is 3.42. The summed E-state index contributed by atoms with van der Waals surface area (Å²) in [5, 5.41) is 4.02. The number of hydrogen-bond donors (Lipinski definition) is 1. The Morgan fingerprint density at radius 2 is 1.89 bits per heavy atom. The third-order valence-corrected chi connectivity index (χ3v) is 3.45. The number of nitrogens with one attached hydrogen (secondary N) is 1. The molecular formula is C16H18ClNO. The number of hydrogen-bond acceptors (Lipinski definition) is 2. The van der Waals surface area contributed by atoms with E-state index >= 15 is 0 Å². The molecule has 0 spiro atoms. The Hall–Kier alpha value is -1.67. The molecule has 3 heteroatoms. The van der Waals surface area contributed by atoms with E-state index in [2.05, 4.69) is 37.4 Å². The predicted octanol–water partition coefficient (Wildman–Crippen LogP) is 4.58. The molecule has 1 N–H and O–H groups in total. The molecule has 100 valence electrons. The third-order valence-electron chi connectivity index (χ3n) is 3.14. The molecule has 0 fully saturated rings. The first-order valence-electron chi connectivity index (χ1n) is 6.23. The van der Waals surface area contributed by atoms with Crippen LogP contribution in [0.15, 0.2) is 36.4 Å². The summed E-state index contributed by atoms with van der Waals surface area (Å²) in [5.41, 5.74) is 4.87. The fourth-order valence-electron chi connectivity index (χ4n) is 1.96. The highest BCUT2D eigenvalue weighted by Gasteiger charge is 2.03. The van der Waals surface area contributed by atoms with E-state index in [0.29, 0.717) is 10.8 Å². The van der Waals surface area contributed by atoms with Crippen LogP contribution in [0.3, 0.4) is 0 Å². The first-order chi connectivity index (χ1) is 9.10. The van der Waals surface area contributed by atoms with Gasteiger partial charge in [0.05, 0.1) is 12.1 Å². The number of anilines is 1. The van der Waals surface area contributed by atoms with Gasteiger partial charge >= 0.3 is 0 Å². The quantitative estimate of drug-likeness (QED) is 0.882. The minimum atomic E-state index is 0.625. The van der Waals surface area contributed by atoms with E-state index in [-0.39, 0.29) is 0 Å². The zero-order valence-electron chi connectivity index (χ0n) is 11.5. The molecule has 2 nitrogen and oxygen atoms in total. The van der Waals surface area contributed by atoms with Gasteiger partial charge in [0.25, 0.3) is 0 Å². The first kappa shape index (κ1) is 13.8. The summed E-state index contributed by atoms with van der Waals surface area (Å²) in [6, 6.07) is 12.2. The first-order valence-corrected chi connectivity index (χ1v) is 6.61. The summed E-state index contributed by atoms with van der Waals surface area (Å²) in [6.45, 7) is 5.02. The molecule has 0 saturated heterocycles. The van der Waals surface area contributed by atoms with Crippen molar-refractivity contribution in [1.82, 2.24) is 0 Å². The van der Waals surface area contributed by atoms with Gasteiger partial charge in [-0.2, -0.15) is 0 Å². The summed E-state index contributed by atoms with van der Waals surface area (Å²) in [6.07, 6.45) is 0. The fourth-order valence-corrected chi connectivity index (χ4v) is 2.15. The Morgan fingerprint density at radius 3 is 2.63 bits per heavy atom. The average Bonchev–Trinajstić information content (AvgIpc) is 2.41. The zero-order chi connectivity index (χ0) is 13.8. The van der Waals surface area contributed by atoms with Crippen LogP contribution in [0.4, 0.5) is 5.69 Å². The van der Waals surface area contributed by atoms with Crippen molar-refractivity contribution in [3.63, 3.8) is 0 Å². The van der Waals surface area contributed by atoms with E-state index in [4.69, 9.17) is 16.3 Å². The van der Waals surface area contributed by atoms with Crippen molar-refractivity contribution in [2.24, 2.45) is 0 Å². The molecule has 0 aliphatic heterocycles. The summed E-state index contributed by atoms with van der Waals surface area (Å²) >= 11 is 6.01. The van der Waals surface area contributed by atoms with Gasteiger partial charge in [-0.3, -0.25) is 0 Å². The van der Waals surface area contributed by atoms with Crippen LogP contribution in [-0.4, -0.2) is 7.11 Å². The smallest absolute Gasteiger partial charge is 0.139 e. The van der Waals surface area contributed by atoms with Crippen LogP contribution in [0.1, 0.15) is 16.7 Å². The van der Waals surface area contributed by atoms with Crippen molar-refractivity contribution in [1.29, 1.82) is 0 Å². The molecule has 0 aliphatic rings. The standard InChI is InChI=1S/C16H18ClNO/c1-11-4-5-12(2)13(8-11)10-18-14-6-7-15(17)16(9-14)19-3/h4-9,18H,10H2,1-3H3. The van der Waals surface area contributed by atoms with Crippen LogP contribution in [-0.2, 0) is 6.54 Å². The molecule has 0 unspecified atom stereocenters. The van der Waals surface area contributed by atoms with Gasteiger partial charge in [-0.15, -0.1) is 0 Å². The second-order valence-electron chi connectivity index (χ2n) is 4.63. The van der Waals surface area contributed by atoms with Crippen LogP contribution in [0, 0.1) is 13.8 Å². The molecule has 0 atom stereocenters. The topological polar surface area (TPSA) is 21.3 Å². The van der Waals surface area contributed by atoms with Crippen LogP contribution in [0.2, 0.25) is 5.02 Å². The number of ether oxygens (including phenoxy) is 1. The lowest BCUT2D eigenvalue weighted by atomic mass is 10.1. The van der Waals surface area contributed by atoms with Crippen LogP contribution < -0.4 is 10.1 Å². The lowest BCUT2D eigenvalue weighted by Crippen LogP contribution is -2.02. The lowest BCUT2D eigenvalue weighted by molar-refractivity contribution is 0.415. The van der Waals surface area contributed by atoms with Gasteiger partial charge in [-0.05, 0) is 37.1 Å². The van der Waals surface area contributed by atoms with Crippen molar-refractivity contribution < 1.29 is 4.74 Å². The number of aryl methyl sites for hydroxylation is 2. The maximum absolute atomic E-state index is 6.01. The molecule has 19 heavy (non-hydrogen) atoms. The summed E-state index contributed by atoms with van der Waals surface area (Å²) in [7, 11) is 1.62. The van der Waals surface area contributed by atoms with Gasteiger partial charge in [0, 0.05) is 18.3 Å². The Labute approximate surface area is 119 Å². The van der Waals surface area contributed by atoms with E-state index in [1.807, 2.05) is 18.2 Å². The Bertz CT molecular complexity index is 581. The monoisotopic (exact) mass is 275 g/mol. The summed E-state index contributed by atoms with van der Waals surface area (Å²) in [5.74, 6) is 0.688. The predicted molar refractivity (Wildman–Crippen MR) is 81.2 cm³/mol. The van der Waals surface area contributed by atoms with Crippen molar-refractivity contribution in [3.8, 4) is 5.75 Å². The zero-order valence-corrected chi connectivity index (χ0v) is 12.2. The van der Waals surface area contributed by atoms with Crippen molar-refractivity contribution in [3.05, 3.63) is 58.1 Å². The second kappa shape index (κ2) is 5.98. The highest BCUT2D eigenvalue weighted by Crippen LogP contribution is 2.27. The molecule has 0 amide bonds. The van der Waals surface area contributed by atoms with Crippen LogP contribution >= 0.6 is 11.6 Å². The van der Waals surface area contributed by atoms with Gasteiger partial charge in [0.1, 0.15) is 5.75 Å². The largest absolute Gasteiger partial charge is 0.495 e. The highest BCUT2D eigenvalue weighted by atomic mass is 35.5. The van der Waals surface area contributed by atoms with Crippen molar-refractivity contribution in [2.45, 2.75) is 20.4 Å². The molecule has 0 aliphatic carbocycles. The van der Waals surface area contributed by atoms with Gasteiger partial charge in [-0.25, -0.2) is 0 Å². The van der Waals surface area contributed by atoms with Crippen molar-refractivity contribution >= 4 is 17.3 Å². The number of methoxy groups -OCH3 is 1. The number of rotatable bonds is 4. The fraction of sp³-hybridized carbons (Fsp3) is 0.250. The Morgan fingerprint density at radius 1 is 1.11 bits per heavy atom. The lowest BCUT2D eigenvalue weighted by Gasteiger charge is -2.11. The van der Waals surface area contributed by atoms with E-state index in [0.717, 1.165) is 12.2 Å². The van der Waals surface area contributed by atoms with Crippen LogP contribution in [0.5, 0.6) is 5.75 Å². The maximum atomic E-state index is 6.01. The SMILES string of the molecule is COc1cc(NCc2cc(C)ccc2C)ccc1Cl. The van der Waals surface area contributed by atoms with E-state index < -0.39 is 0 Å². The molecule has 2 aromatic carbocycles. The molecular weight excluding hydrogens is 258 g/mol. The van der Waals surface area contributed by atoms with Crippen molar-refractivity contribution in [2.75, 3.05) is 12.4 Å². The average molecular weight is 276 g/mol. The van der Waals surface area contributed by atoms with Gasteiger partial charge in [-0.1, -0.05) is 35.4 Å². The summed E-state index contributed by atoms with van der Waals surface area (Å²) < 4.78 is 5.21. The maximum Gasteiger partial charge on any atom is 0.139 e. The van der Waals surface area contributed by atoms with E-state index in [9.17, 15) is 0 Å². The molecule has 0 saturated carbocycles. The van der Waals surface area contributed by atoms with Gasteiger partial charge in [0.2, 0.25) is 0 Å². The minimum absolute atomic E-state index is 0.625. The number of benzene rings is 2. The van der Waals surface area contributed by atoms with Gasteiger partial charge < -0.3 is 10.1 Å². The normalized spacial score (nSPS) is 10.3. The van der Waals surface area contributed by atoms with Crippen LogP contribution in [0.25, 0.3) is 0 Å². The summed E-state index contributed by atoms with van der Waals surface area (Å²) in [4.78, 5) is 0. The van der Waals surface area contributed by atoms with E-state index in [1.54, 1.807) is 7.11 Å². The Balaban J connectivity index is 2.12. The highest BCUT2D eigenvalue weighted by molar-refractivity contribution is 6.32. The molecule has 0 bridgehead atoms. The number of halogens is 1. The van der Waals surface area contributed by atoms with E-state index in [1.165, 1.54) is 16.7 Å². The molecule has 0 aromatic heterocycles. The molecule has 2 aromatic rings. The molecule has 0 heterocycles. The Kier molecular flexibility index (Phi) is 4.33. The molecule has 2 rings (SSSR count). The van der Waals surface area contributed by atoms with Gasteiger partial charge in [0.15, 0.2) is 0 Å². The second-order valence-corrected chi connectivity index (χ2v) is 5.04. The molecule has 0 radical (unpaired) electrons.